The van der Waals surface area contributed by atoms with E-state index in [0.717, 1.165) is 19.6 Å². The van der Waals surface area contributed by atoms with Gasteiger partial charge in [-0.1, -0.05) is 19.1 Å². The van der Waals surface area contributed by atoms with Crippen LogP contribution in [0.2, 0.25) is 0 Å². The molecular formula is C13H19N3OS. The molecule has 18 heavy (non-hydrogen) atoms. The monoisotopic (exact) mass is 265 g/mol. The Kier molecular flexibility index (Phi) is 4.63. The average molecular weight is 265 g/mol. The van der Waals surface area contributed by atoms with Crippen LogP contribution in [0.3, 0.4) is 0 Å². The Balaban J connectivity index is 1.95. The van der Waals surface area contributed by atoms with Crippen molar-refractivity contribution in [3.63, 3.8) is 0 Å². The third-order valence-corrected chi connectivity index (χ3v) is 4.21. The van der Waals surface area contributed by atoms with Crippen molar-refractivity contribution in [2.75, 3.05) is 18.8 Å². The van der Waals surface area contributed by atoms with Crippen LogP contribution < -0.4 is 11.3 Å². The van der Waals surface area contributed by atoms with Gasteiger partial charge in [0.25, 0.3) is 5.91 Å². The predicted octanol–water partition coefficient (Wildman–Crippen LogP) is 1.23. The molecule has 0 spiro atoms. The molecule has 1 amide bonds. The maximum absolute atomic E-state index is 11.3. The molecule has 98 valence electrons. The van der Waals surface area contributed by atoms with E-state index in [9.17, 15) is 4.79 Å². The molecule has 0 radical (unpaired) electrons. The average Bonchev–Trinajstić information content (AvgIpc) is 2.39. The van der Waals surface area contributed by atoms with Gasteiger partial charge in [-0.3, -0.25) is 15.1 Å². The largest absolute Gasteiger partial charge is 0.297 e. The van der Waals surface area contributed by atoms with Crippen molar-refractivity contribution in [2.24, 2.45) is 5.84 Å². The highest BCUT2D eigenvalue weighted by atomic mass is 32.2. The molecule has 1 heterocycles. The summed E-state index contributed by atoms with van der Waals surface area (Å²) in [4.78, 5) is 13.8. The van der Waals surface area contributed by atoms with E-state index in [4.69, 9.17) is 5.84 Å². The number of nitrogens with two attached hydrogens (primary N) is 1. The second kappa shape index (κ2) is 6.22. The standard InChI is InChI=1S/C13H19N3OS/c1-10-8-16(6-7-18-10)9-11-2-4-12(5-3-11)13(17)15-14/h2-5,10H,6-9,14H2,1H3,(H,15,17). The Morgan fingerprint density at radius 2 is 2.22 bits per heavy atom. The third-order valence-electron chi connectivity index (χ3n) is 3.08. The number of nitrogen functional groups attached to an aromatic ring is 1. The lowest BCUT2D eigenvalue weighted by Crippen LogP contribution is -2.36. The van der Waals surface area contributed by atoms with Crippen LogP contribution in [0.5, 0.6) is 0 Å². The maximum Gasteiger partial charge on any atom is 0.265 e. The second-order valence-corrected chi connectivity index (χ2v) is 6.13. The van der Waals surface area contributed by atoms with Crippen molar-refractivity contribution in [1.82, 2.24) is 10.3 Å². The number of carbonyl (C=O) groups excluding carboxylic acids is 1. The van der Waals surface area contributed by atoms with E-state index >= 15 is 0 Å². The van der Waals surface area contributed by atoms with E-state index in [-0.39, 0.29) is 5.91 Å². The van der Waals surface area contributed by atoms with E-state index < -0.39 is 0 Å². The summed E-state index contributed by atoms with van der Waals surface area (Å²) in [7, 11) is 0. The number of thioether (sulfide) groups is 1. The number of carbonyl (C=O) groups is 1. The minimum absolute atomic E-state index is 0.246. The van der Waals surface area contributed by atoms with Gasteiger partial charge in [-0.2, -0.15) is 11.8 Å². The number of hydrazine groups is 1. The molecule has 1 atom stereocenters. The summed E-state index contributed by atoms with van der Waals surface area (Å²) < 4.78 is 0. The predicted molar refractivity (Wildman–Crippen MR) is 75.3 cm³/mol. The number of nitrogens with one attached hydrogen (secondary N) is 1. The molecule has 1 unspecified atom stereocenters. The lowest BCUT2D eigenvalue weighted by atomic mass is 10.1. The van der Waals surface area contributed by atoms with Crippen LogP contribution in [0.4, 0.5) is 0 Å². The lowest BCUT2D eigenvalue weighted by molar-refractivity contribution is 0.0953. The molecule has 3 N–H and O–H groups in total. The van der Waals surface area contributed by atoms with Crippen molar-refractivity contribution in [2.45, 2.75) is 18.7 Å². The number of hydrogen-bond acceptors (Lipinski definition) is 4. The van der Waals surface area contributed by atoms with Gasteiger partial charge < -0.3 is 0 Å². The molecule has 5 heteroatoms. The first-order valence-electron chi connectivity index (χ1n) is 6.13. The second-order valence-electron chi connectivity index (χ2n) is 4.59. The first kappa shape index (κ1) is 13.4. The van der Waals surface area contributed by atoms with Gasteiger partial charge in [-0.15, -0.1) is 0 Å². The van der Waals surface area contributed by atoms with E-state index in [1.54, 1.807) is 0 Å². The first-order chi connectivity index (χ1) is 8.69. The SMILES string of the molecule is CC1CN(Cc2ccc(C(=O)NN)cc2)CCS1. The number of amides is 1. The summed E-state index contributed by atoms with van der Waals surface area (Å²) in [6, 6.07) is 7.63. The quantitative estimate of drug-likeness (QED) is 0.490. The Hall–Kier alpha value is -1.04. The molecule has 4 nitrogen and oxygen atoms in total. The van der Waals surface area contributed by atoms with Gasteiger partial charge in [0.05, 0.1) is 0 Å². The minimum Gasteiger partial charge on any atom is -0.297 e. The summed E-state index contributed by atoms with van der Waals surface area (Å²) in [6.45, 7) is 5.50. The smallest absolute Gasteiger partial charge is 0.265 e. The van der Waals surface area contributed by atoms with E-state index in [2.05, 4.69) is 17.2 Å². The minimum atomic E-state index is -0.246. The van der Waals surface area contributed by atoms with E-state index in [0.29, 0.717) is 10.8 Å². The van der Waals surface area contributed by atoms with Crippen LogP contribution in [-0.4, -0.2) is 34.9 Å². The van der Waals surface area contributed by atoms with Crippen molar-refractivity contribution >= 4 is 17.7 Å². The fraction of sp³-hybridized carbons (Fsp3) is 0.462. The summed E-state index contributed by atoms with van der Waals surface area (Å²) >= 11 is 2.03. The lowest BCUT2D eigenvalue weighted by Gasteiger charge is -2.30. The summed E-state index contributed by atoms with van der Waals surface area (Å²) in [5.74, 6) is 6.05. The molecule has 1 aliphatic rings. The van der Waals surface area contributed by atoms with Gasteiger partial charge in [0.1, 0.15) is 0 Å². The molecule has 1 aromatic rings. The molecule has 0 aliphatic carbocycles. The van der Waals surface area contributed by atoms with Crippen LogP contribution >= 0.6 is 11.8 Å². The van der Waals surface area contributed by atoms with Gasteiger partial charge in [-0.25, -0.2) is 5.84 Å². The topological polar surface area (TPSA) is 58.4 Å². The van der Waals surface area contributed by atoms with Crippen LogP contribution in [0, 0.1) is 0 Å². The number of hydrogen-bond donors (Lipinski definition) is 2. The molecule has 1 saturated heterocycles. The highest BCUT2D eigenvalue weighted by Gasteiger charge is 2.16. The number of benzene rings is 1. The normalized spacial score (nSPS) is 20.7. The summed E-state index contributed by atoms with van der Waals surface area (Å²) in [5.41, 5.74) is 3.98. The van der Waals surface area contributed by atoms with Gasteiger partial charge >= 0.3 is 0 Å². The molecule has 0 aromatic heterocycles. The van der Waals surface area contributed by atoms with E-state index in [1.807, 2.05) is 36.0 Å². The van der Waals surface area contributed by atoms with Crippen molar-refractivity contribution in [3.8, 4) is 0 Å². The summed E-state index contributed by atoms with van der Waals surface area (Å²) in [6.07, 6.45) is 0. The van der Waals surface area contributed by atoms with Crippen LogP contribution in [0.25, 0.3) is 0 Å². The zero-order valence-electron chi connectivity index (χ0n) is 10.6. The first-order valence-corrected chi connectivity index (χ1v) is 7.18. The third kappa shape index (κ3) is 3.48. The van der Waals surface area contributed by atoms with Crippen molar-refractivity contribution in [1.29, 1.82) is 0 Å². The van der Waals surface area contributed by atoms with Crippen LogP contribution in [0.1, 0.15) is 22.8 Å². The molecule has 1 aliphatic heterocycles. The fourth-order valence-corrected chi connectivity index (χ4v) is 3.22. The Morgan fingerprint density at radius 1 is 1.50 bits per heavy atom. The highest BCUT2D eigenvalue weighted by Crippen LogP contribution is 2.19. The zero-order chi connectivity index (χ0) is 13.0. The Morgan fingerprint density at radius 3 is 2.83 bits per heavy atom. The van der Waals surface area contributed by atoms with Gasteiger partial charge in [0.15, 0.2) is 0 Å². The summed E-state index contributed by atoms with van der Waals surface area (Å²) in [5, 5.41) is 0.709. The zero-order valence-corrected chi connectivity index (χ0v) is 11.4. The molecule has 2 rings (SSSR count). The van der Waals surface area contributed by atoms with E-state index in [1.165, 1.54) is 11.3 Å². The molecule has 0 saturated carbocycles. The molecular weight excluding hydrogens is 246 g/mol. The van der Waals surface area contributed by atoms with Gasteiger partial charge in [-0.05, 0) is 17.7 Å². The van der Waals surface area contributed by atoms with Crippen molar-refractivity contribution < 1.29 is 4.79 Å². The molecule has 0 bridgehead atoms. The maximum atomic E-state index is 11.3. The highest BCUT2D eigenvalue weighted by molar-refractivity contribution is 7.99. The van der Waals surface area contributed by atoms with Gasteiger partial charge in [0, 0.05) is 36.2 Å². The van der Waals surface area contributed by atoms with Crippen LogP contribution in [-0.2, 0) is 6.54 Å². The fourth-order valence-electron chi connectivity index (χ4n) is 2.14. The number of nitrogens with zero attached hydrogens (tertiary/aromatic N) is 1. The number of rotatable bonds is 3. The van der Waals surface area contributed by atoms with Crippen molar-refractivity contribution in [3.05, 3.63) is 35.4 Å². The van der Waals surface area contributed by atoms with Gasteiger partial charge in [0.2, 0.25) is 0 Å². The Bertz CT molecular complexity index is 407. The molecule has 1 aromatic carbocycles. The Labute approximate surface area is 112 Å². The van der Waals surface area contributed by atoms with Crippen LogP contribution in [0.15, 0.2) is 24.3 Å². The molecule has 1 fully saturated rings.